The fourth-order valence-corrected chi connectivity index (χ4v) is 2.64. The molecule has 0 aromatic heterocycles. The Hall–Kier alpha value is -1.86. The van der Waals surface area contributed by atoms with Gasteiger partial charge < -0.3 is 24.4 Å². The number of carbonyl (C=O) groups is 1. The lowest BCUT2D eigenvalue weighted by molar-refractivity contribution is 0.0564. The van der Waals surface area contributed by atoms with E-state index in [0.717, 1.165) is 19.4 Å². The van der Waals surface area contributed by atoms with E-state index in [4.69, 9.17) is 14.2 Å². The number of anilines is 1. The zero-order chi connectivity index (χ0) is 16.1. The first-order chi connectivity index (χ1) is 11.2. The van der Waals surface area contributed by atoms with E-state index in [1.54, 1.807) is 4.90 Å². The van der Waals surface area contributed by atoms with Crippen LogP contribution in [0.3, 0.4) is 0 Å². The highest BCUT2D eigenvalue weighted by atomic mass is 19.1. The Balaban J connectivity index is 1.64. The molecule has 7 heteroatoms. The van der Waals surface area contributed by atoms with Crippen molar-refractivity contribution in [3.8, 4) is 5.75 Å². The molecular weight excluding hydrogens is 303 g/mol. The van der Waals surface area contributed by atoms with E-state index >= 15 is 0 Å². The van der Waals surface area contributed by atoms with E-state index in [1.165, 1.54) is 18.2 Å². The van der Waals surface area contributed by atoms with Gasteiger partial charge >= 0.3 is 6.03 Å². The number of amides is 2. The van der Waals surface area contributed by atoms with Crippen molar-refractivity contribution in [2.45, 2.75) is 18.9 Å². The van der Waals surface area contributed by atoms with Gasteiger partial charge in [-0.15, -0.1) is 0 Å². The van der Waals surface area contributed by atoms with Crippen molar-refractivity contribution in [2.24, 2.45) is 0 Å². The molecule has 0 spiro atoms. The predicted octanol–water partition coefficient (Wildman–Crippen LogP) is 2.25. The number of rotatable bonds is 4. The molecule has 2 fully saturated rings. The summed E-state index contributed by atoms with van der Waals surface area (Å²) in [6.07, 6.45) is 2.04. The SMILES string of the molecule is O=C(Nc1cc(F)ccc1OC[C@@H]1CCCO1)N1CCOCC1. The molecular formula is C16H21FN2O4. The molecule has 0 unspecified atom stereocenters. The number of carbonyl (C=O) groups excluding carboxylic acids is 1. The van der Waals surface area contributed by atoms with Gasteiger partial charge in [0.25, 0.3) is 0 Å². The number of ether oxygens (including phenoxy) is 3. The second-order valence-electron chi connectivity index (χ2n) is 5.62. The maximum atomic E-state index is 13.5. The van der Waals surface area contributed by atoms with Crippen LogP contribution in [0.4, 0.5) is 14.9 Å². The zero-order valence-corrected chi connectivity index (χ0v) is 12.9. The van der Waals surface area contributed by atoms with Gasteiger partial charge in [0.1, 0.15) is 18.2 Å². The molecule has 6 nitrogen and oxygen atoms in total. The third-order valence-electron chi connectivity index (χ3n) is 3.93. The number of benzene rings is 1. The highest BCUT2D eigenvalue weighted by Crippen LogP contribution is 2.27. The molecule has 3 rings (SSSR count). The van der Waals surface area contributed by atoms with E-state index in [9.17, 15) is 9.18 Å². The number of hydrogen-bond acceptors (Lipinski definition) is 4. The van der Waals surface area contributed by atoms with E-state index < -0.39 is 5.82 Å². The lowest BCUT2D eigenvalue weighted by Gasteiger charge is -2.27. The number of nitrogens with zero attached hydrogens (tertiary/aromatic N) is 1. The van der Waals surface area contributed by atoms with Gasteiger partial charge in [0.2, 0.25) is 0 Å². The van der Waals surface area contributed by atoms with Gasteiger partial charge in [-0.1, -0.05) is 0 Å². The van der Waals surface area contributed by atoms with E-state index in [-0.39, 0.29) is 12.1 Å². The number of urea groups is 1. The lowest BCUT2D eigenvalue weighted by Crippen LogP contribution is -2.43. The van der Waals surface area contributed by atoms with Crippen LogP contribution in [-0.4, -0.2) is 56.6 Å². The van der Waals surface area contributed by atoms with Crippen LogP contribution in [0.2, 0.25) is 0 Å². The Morgan fingerprint density at radius 3 is 2.91 bits per heavy atom. The third-order valence-corrected chi connectivity index (χ3v) is 3.93. The summed E-state index contributed by atoms with van der Waals surface area (Å²) in [5.74, 6) is 0.0234. The second kappa shape index (κ2) is 7.61. The summed E-state index contributed by atoms with van der Waals surface area (Å²) in [5, 5.41) is 2.72. The van der Waals surface area contributed by atoms with Gasteiger partial charge in [0.05, 0.1) is 25.0 Å². The van der Waals surface area contributed by atoms with Crippen molar-refractivity contribution in [2.75, 3.05) is 44.8 Å². The van der Waals surface area contributed by atoms with Crippen LogP contribution < -0.4 is 10.1 Å². The number of morpholine rings is 1. The standard InChI is InChI=1S/C16H21FN2O4/c17-12-3-4-15(23-11-13-2-1-7-22-13)14(10-12)18-16(20)19-5-8-21-9-6-19/h3-4,10,13H,1-2,5-9,11H2,(H,18,20)/t13-/m0/s1. The van der Waals surface area contributed by atoms with Gasteiger partial charge in [-0.3, -0.25) is 0 Å². The molecule has 0 aliphatic carbocycles. The molecule has 0 radical (unpaired) electrons. The molecule has 2 heterocycles. The third kappa shape index (κ3) is 4.33. The average Bonchev–Trinajstić information content (AvgIpc) is 3.08. The minimum atomic E-state index is -0.424. The number of hydrogen-bond donors (Lipinski definition) is 1. The van der Waals surface area contributed by atoms with Gasteiger partial charge in [0.15, 0.2) is 0 Å². The summed E-state index contributed by atoms with van der Waals surface area (Å²) in [4.78, 5) is 13.9. The highest BCUT2D eigenvalue weighted by Gasteiger charge is 2.20. The Labute approximate surface area is 134 Å². The predicted molar refractivity (Wildman–Crippen MR) is 82.3 cm³/mol. The van der Waals surface area contributed by atoms with Gasteiger partial charge in [0, 0.05) is 25.8 Å². The summed E-state index contributed by atoms with van der Waals surface area (Å²) in [7, 11) is 0. The van der Waals surface area contributed by atoms with E-state index in [1.807, 2.05) is 0 Å². The minimum absolute atomic E-state index is 0.0582. The number of halogens is 1. The van der Waals surface area contributed by atoms with Crippen LogP contribution in [0.1, 0.15) is 12.8 Å². The highest BCUT2D eigenvalue weighted by molar-refractivity contribution is 5.91. The Bertz CT molecular complexity index is 543. The van der Waals surface area contributed by atoms with Crippen LogP contribution >= 0.6 is 0 Å². The molecule has 2 amide bonds. The minimum Gasteiger partial charge on any atom is -0.489 e. The van der Waals surface area contributed by atoms with E-state index in [2.05, 4.69) is 5.32 Å². The van der Waals surface area contributed by atoms with Crippen molar-refractivity contribution < 1.29 is 23.4 Å². The van der Waals surface area contributed by atoms with Crippen LogP contribution in [0.5, 0.6) is 5.75 Å². The van der Waals surface area contributed by atoms with Crippen LogP contribution in [0.25, 0.3) is 0 Å². The molecule has 2 saturated heterocycles. The maximum absolute atomic E-state index is 13.5. The topological polar surface area (TPSA) is 60.0 Å². The summed E-state index contributed by atoms with van der Waals surface area (Å²) in [6.45, 7) is 3.21. The molecule has 1 N–H and O–H groups in total. The normalized spacial score (nSPS) is 21.3. The smallest absolute Gasteiger partial charge is 0.322 e. The van der Waals surface area contributed by atoms with Crippen molar-refractivity contribution in [3.63, 3.8) is 0 Å². The molecule has 126 valence electrons. The van der Waals surface area contributed by atoms with Gasteiger partial charge in [-0.2, -0.15) is 0 Å². The van der Waals surface area contributed by atoms with Crippen molar-refractivity contribution >= 4 is 11.7 Å². The van der Waals surface area contributed by atoms with Crippen LogP contribution in [0, 0.1) is 5.82 Å². The number of nitrogens with one attached hydrogen (secondary N) is 1. The average molecular weight is 324 g/mol. The Morgan fingerprint density at radius 2 is 2.17 bits per heavy atom. The first-order valence-electron chi connectivity index (χ1n) is 7.90. The van der Waals surface area contributed by atoms with Crippen molar-refractivity contribution in [3.05, 3.63) is 24.0 Å². The molecule has 1 aromatic rings. The zero-order valence-electron chi connectivity index (χ0n) is 12.9. The first-order valence-corrected chi connectivity index (χ1v) is 7.90. The van der Waals surface area contributed by atoms with Crippen molar-refractivity contribution in [1.29, 1.82) is 0 Å². The molecule has 0 saturated carbocycles. The maximum Gasteiger partial charge on any atom is 0.322 e. The van der Waals surface area contributed by atoms with Crippen molar-refractivity contribution in [1.82, 2.24) is 4.90 Å². The monoisotopic (exact) mass is 324 g/mol. The van der Waals surface area contributed by atoms with E-state index in [0.29, 0.717) is 44.3 Å². The molecule has 1 aromatic carbocycles. The summed E-state index contributed by atoms with van der Waals surface area (Å²) < 4.78 is 30.0. The van der Waals surface area contributed by atoms with Crippen LogP contribution in [0.15, 0.2) is 18.2 Å². The Kier molecular flexibility index (Phi) is 5.30. The second-order valence-corrected chi connectivity index (χ2v) is 5.62. The fraction of sp³-hybridized carbons (Fsp3) is 0.562. The molecule has 23 heavy (non-hydrogen) atoms. The van der Waals surface area contributed by atoms with Crippen LogP contribution in [-0.2, 0) is 9.47 Å². The summed E-state index contributed by atoms with van der Waals surface area (Å²) >= 11 is 0. The summed E-state index contributed by atoms with van der Waals surface area (Å²) in [6, 6.07) is 3.83. The quantitative estimate of drug-likeness (QED) is 0.923. The largest absolute Gasteiger partial charge is 0.489 e. The molecule has 2 aliphatic rings. The fourth-order valence-electron chi connectivity index (χ4n) is 2.64. The van der Waals surface area contributed by atoms with Gasteiger partial charge in [-0.25, -0.2) is 9.18 Å². The van der Waals surface area contributed by atoms with Gasteiger partial charge in [-0.05, 0) is 25.0 Å². The molecule has 1 atom stereocenters. The molecule has 0 bridgehead atoms. The lowest BCUT2D eigenvalue weighted by atomic mass is 10.2. The summed E-state index contributed by atoms with van der Waals surface area (Å²) in [5.41, 5.74) is 0.333. The molecule has 2 aliphatic heterocycles. The first kappa shape index (κ1) is 16.0. The Morgan fingerprint density at radius 1 is 1.35 bits per heavy atom.